The van der Waals surface area contributed by atoms with Crippen molar-refractivity contribution in [1.29, 1.82) is 0 Å². The fraction of sp³-hybridized carbons (Fsp3) is 0.667. The highest BCUT2D eigenvalue weighted by molar-refractivity contribution is 5.89. The molecule has 0 bridgehead atoms. The molecule has 2 saturated carbocycles. The van der Waals surface area contributed by atoms with Gasteiger partial charge in [0, 0.05) is 20.3 Å². The second-order valence-corrected chi connectivity index (χ2v) is 8.78. The first kappa shape index (κ1) is 23.7. The third kappa shape index (κ3) is 6.51. The Bertz CT molecular complexity index is 698. The Balaban J connectivity index is 1.69. The van der Waals surface area contributed by atoms with Crippen molar-refractivity contribution >= 4 is 11.8 Å². The normalized spacial score (nSPS) is 19.5. The van der Waals surface area contributed by atoms with Crippen LogP contribution >= 0.6 is 0 Å². The predicted octanol–water partition coefficient (Wildman–Crippen LogP) is 2.29. The average Bonchev–Trinajstić information content (AvgIpc) is 2.77. The molecule has 1 aromatic carbocycles. The number of rotatable bonds is 11. The minimum absolute atomic E-state index is 0.0446. The molecule has 7 heteroatoms. The van der Waals surface area contributed by atoms with Crippen molar-refractivity contribution in [2.24, 2.45) is 0 Å². The molecule has 2 aliphatic carbocycles. The van der Waals surface area contributed by atoms with Gasteiger partial charge in [0.25, 0.3) is 0 Å². The van der Waals surface area contributed by atoms with E-state index in [0.29, 0.717) is 6.42 Å². The van der Waals surface area contributed by atoms with Gasteiger partial charge in [0.1, 0.15) is 0 Å². The van der Waals surface area contributed by atoms with Crippen LogP contribution in [0.2, 0.25) is 0 Å². The monoisotopic (exact) mass is 431 g/mol. The number of hydrogen-bond donors (Lipinski definition) is 3. The maximum Gasteiger partial charge on any atom is 0.240 e. The Hall–Kier alpha value is -1.96. The van der Waals surface area contributed by atoms with E-state index in [9.17, 15) is 9.59 Å². The molecular weight excluding hydrogens is 394 g/mol. The van der Waals surface area contributed by atoms with Crippen LogP contribution in [0.4, 0.5) is 0 Å². The summed E-state index contributed by atoms with van der Waals surface area (Å²) in [7, 11) is 3.08. The largest absolute Gasteiger partial charge is 0.354 e. The molecule has 1 aromatic rings. The Morgan fingerprint density at radius 3 is 2.29 bits per heavy atom. The van der Waals surface area contributed by atoms with Crippen molar-refractivity contribution in [2.45, 2.75) is 81.7 Å². The van der Waals surface area contributed by atoms with E-state index < -0.39 is 17.9 Å². The van der Waals surface area contributed by atoms with Gasteiger partial charge in [0.2, 0.25) is 11.8 Å². The van der Waals surface area contributed by atoms with Crippen molar-refractivity contribution in [2.75, 3.05) is 20.8 Å². The smallest absolute Gasteiger partial charge is 0.240 e. The zero-order valence-corrected chi connectivity index (χ0v) is 18.8. The number of methoxy groups -OCH3 is 2. The number of carbonyl (C=O) groups is 2. The summed E-state index contributed by atoms with van der Waals surface area (Å²) < 4.78 is 10.4. The lowest BCUT2D eigenvalue weighted by molar-refractivity contribution is -0.135. The third-order valence-electron chi connectivity index (χ3n) is 6.60. The van der Waals surface area contributed by atoms with Gasteiger partial charge in [-0.3, -0.25) is 14.9 Å². The molecule has 0 heterocycles. The summed E-state index contributed by atoms with van der Waals surface area (Å²) in [5.41, 5.74) is 0.378. The number of carbonyl (C=O) groups excluding carboxylic acids is 2. The van der Waals surface area contributed by atoms with Gasteiger partial charge in [-0.15, -0.1) is 0 Å². The summed E-state index contributed by atoms with van der Waals surface area (Å²) in [6.07, 6.45) is 8.18. The first-order chi connectivity index (χ1) is 15.1. The van der Waals surface area contributed by atoms with E-state index in [-0.39, 0.29) is 24.4 Å². The van der Waals surface area contributed by atoms with Crippen molar-refractivity contribution in [1.82, 2.24) is 16.0 Å². The van der Waals surface area contributed by atoms with Crippen LogP contribution in [0, 0.1) is 0 Å². The van der Waals surface area contributed by atoms with Crippen molar-refractivity contribution < 1.29 is 19.1 Å². The molecule has 7 nitrogen and oxygen atoms in total. The fourth-order valence-corrected chi connectivity index (χ4v) is 4.50. The fourth-order valence-electron chi connectivity index (χ4n) is 4.50. The van der Waals surface area contributed by atoms with Gasteiger partial charge in [0.05, 0.1) is 18.1 Å². The Morgan fingerprint density at radius 2 is 1.71 bits per heavy atom. The summed E-state index contributed by atoms with van der Waals surface area (Å²) in [6.45, 7) is 0.250. The molecule has 2 aliphatic rings. The van der Waals surface area contributed by atoms with E-state index in [1.54, 1.807) is 14.2 Å². The highest BCUT2D eigenvalue weighted by Crippen LogP contribution is 2.33. The van der Waals surface area contributed by atoms with Crippen LogP contribution in [-0.4, -0.2) is 56.5 Å². The second kappa shape index (κ2) is 11.6. The lowest BCUT2D eigenvalue weighted by Gasteiger charge is -2.44. The highest BCUT2D eigenvalue weighted by Gasteiger charge is 2.46. The third-order valence-corrected chi connectivity index (χ3v) is 6.60. The van der Waals surface area contributed by atoms with Crippen LogP contribution in [0.5, 0.6) is 0 Å². The van der Waals surface area contributed by atoms with Crippen LogP contribution in [-0.2, 0) is 25.5 Å². The zero-order valence-electron chi connectivity index (χ0n) is 18.8. The summed E-state index contributed by atoms with van der Waals surface area (Å²) in [4.78, 5) is 26.3. The number of ether oxygens (including phenoxy) is 2. The summed E-state index contributed by atoms with van der Waals surface area (Å²) in [6, 6.07) is 9.63. The Morgan fingerprint density at radius 1 is 1.03 bits per heavy atom. The molecule has 0 radical (unpaired) electrons. The van der Waals surface area contributed by atoms with Gasteiger partial charge in [0.15, 0.2) is 6.29 Å². The number of hydrogen-bond acceptors (Lipinski definition) is 5. The van der Waals surface area contributed by atoms with E-state index in [1.807, 2.05) is 30.3 Å². The van der Waals surface area contributed by atoms with Gasteiger partial charge >= 0.3 is 0 Å². The molecule has 2 fully saturated rings. The molecule has 0 spiro atoms. The van der Waals surface area contributed by atoms with Crippen molar-refractivity contribution in [3.05, 3.63) is 35.9 Å². The average molecular weight is 432 g/mol. The minimum Gasteiger partial charge on any atom is -0.354 e. The summed E-state index contributed by atoms with van der Waals surface area (Å²) in [5, 5.41) is 9.64. The van der Waals surface area contributed by atoms with Crippen LogP contribution < -0.4 is 16.0 Å². The highest BCUT2D eigenvalue weighted by atomic mass is 16.7. The van der Waals surface area contributed by atoms with E-state index in [0.717, 1.165) is 37.7 Å². The van der Waals surface area contributed by atoms with E-state index in [2.05, 4.69) is 16.0 Å². The zero-order chi connectivity index (χ0) is 22.1. The SMILES string of the molecule is COC(CNC(=O)[C@H](Cc1ccccc1)NC1(C(=O)NC2CCCCC2)CCC1)OC. The molecule has 0 saturated heterocycles. The van der Waals surface area contributed by atoms with E-state index >= 15 is 0 Å². The van der Waals surface area contributed by atoms with Crippen LogP contribution in [0.3, 0.4) is 0 Å². The van der Waals surface area contributed by atoms with Crippen LogP contribution in [0.25, 0.3) is 0 Å². The predicted molar refractivity (Wildman–Crippen MR) is 119 cm³/mol. The van der Waals surface area contributed by atoms with Gasteiger partial charge in [-0.2, -0.15) is 0 Å². The molecule has 3 rings (SSSR count). The topological polar surface area (TPSA) is 88.7 Å². The van der Waals surface area contributed by atoms with E-state index in [4.69, 9.17) is 9.47 Å². The van der Waals surface area contributed by atoms with Crippen molar-refractivity contribution in [3.8, 4) is 0 Å². The second-order valence-electron chi connectivity index (χ2n) is 8.78. The van der Waals surface area contributed by atoms with Gasteiger partial charge < -0.3 is 20.1 Å². The minimum atomic E-state index is -0.670. The Labute approximate surface area is 185 Å². The summed E-state index contributed by atoms with van der Waals surface area (Å²) >= 11 is 0. The lowest BCUT2D eigenvalue weighted by Crippen LogP contribution is -2.67. The van der Waals surface area contributed by atoms with Gasteiger partial charge in [-0.1, -0.05) is 49.6 Å². The maximum absolute atomic E-state index is 13.2. The molecule has 1 atom stereocenters. The van der Waals surface area contributed by atoms with Gasteiger partial charge in [-0.25, -0.2) is 0 Å². The first-order valence-corrected chi connectivity index (χ1v) is 11.5. The number of nitrogens with one attached hydrogen (secondary N) is 3. The Kier molecular flexibility index (Phi) is 8.87. The van der Waals surface area contributed by atoms with Crippen LogP contribution in [0.15, 0.2) is 30.3 Å². The number of amides is 2. The van der Waals surface area contributed by atoms with E-state index in [1.165, 1.54) is 19.3 Å². The first-order valence-electron chi connectivity index (χ1n) is 11.5. The molecule has 0 aromatic heterocycles. The van der Waals surface area contributed by atoms with Crippen LogP contribution in [0.1, 0.15) is 56.9 Å². The molecule has 2 amide bonds. The quantitative estimate of drug-likeness (QED) is 0.468. The molecule has 31 heavy (non-hydrogen) atoms. The lowest BCUT2D eigenvalue weighted by atomic mass is 9.74. The molecule has 172 valence electrons. The maximum atomic E-state index is 13.2. The molecule has 0 unspecified atom stereocenters. The summed E-state index contributed by atoms with van der Waals surface area (Å²) in [5.74, 6) is -0.108. The standard InChI is InChI=1S/C24H37N3O4/c1-30-21(31-2)17-25-22(28)20(16-18-10-5-3-6-11-18)27-24(14-9-15-24)23(29)26-19-12-7-4-8-13-19/h3,5-6,10-11,19-21,27H,4,7-9,12-17H2,1-2H3,(H,25,28)(H,26,29)/t20-/m0/s1. The molecule has 0 aliphatic heterocycles. The number of benzene rings is 1. The molecular formula is C24H37N3O4. The van der Waals surface area contributed by atoms with Crippen molar-refractivity contribution in [3.63, 3.8) is 0 Å². The van der Waals surface area contributed by atoms with Gasteiger partial charge in [-0.05, 0) is 44.1 Å². The molecule has 3 N–H and O–H groups in total.